The second-order valence-electron chi connectivity index (χ2n) is 3.94. The van der Waals surface area contributed by atoms with Gasteiger partial charge in [0.05, 0.1) is 4.92 Å². The molecule has 1 heterocycles. The summed E-state index contributed by atoms with van der Waals surface area (Å²) in [6, 6.07) is 4.98. The summed E-state index contributed by atoms with van der Waals surface area (Å²) in [6.45, 7) is 0. The summed E-state index contributed by atoms with van der Waals surface area (Å²) in [5.74, 6) is -0.601. The number of halogens is 2. The van der Waals surface area contributed by atoms with Crippen LogP contribution < -0.4 is 10.9 Å². The molecule has 1 aromatic heterocycles. The summed E-state index contributed by atoms with van der Waals surface area (Å²) in [4.78, 5) is 36.0. The monoisotopic (exact) mass is 371 g/mol. The maximum Gasteiger partial charge on any atom is 0.287 e. The Balaban J connectivity index is 2.29. The Kier molecular flexibility index (Phi) is 4.39. The number of amides is 1. The van der Waals surface area contributed by atoms with E-state index in [0.717, 1.165) is 6.07 Å². The van der Waals surface area contributed by atoms with Gasteiger partial charge in [-0.3, -0.25) is 19.7 Å². The largest absolute Gasteiger partial charge is 0.326 e. The zero-order valence-corrected chi connectivity index (χ0v) is 12.6. The van der Waals surface area contributed by atoms with Gasteiger partial charge in [-0.1, -0.05) is 11.6 Å². The number of nitrogens with one attached hydrogen (secondary N) is 2. The molecule has 1 aromatic carbocycles. The van der Waals surface area contributed by atoms with Gasteiger partial charge in [0.15, 0.2) is 0 Å². The molecule has 2 N–H and O–H groups in total. The molecule has 0 saturated carbocycles. The van der Waals surface area contributed by atoms with Crippen LogP contribution in [0.1, 0.15) is 10.4 Å². The Labute approximate surface area is 131 Å². The van der Waals surface area contributed by atoms with Crippen LogP contribution in [0.25, 0.3) is 0 Å². The van der Waals surface area contributed by atoms with Gasteiger partial charge in [0.1, 0.15) is 10.7 Å². The third-order valence-electron chi connectivity index (χ3n) is 2.52. The highest BCUT2D eigenvalue weighted by Crippen LogP contribution is 2.25. The minimum Gasteiger partial charge on any atom is -0.326 e. The first kappa shape index (κ1) is 15.2. The van der Waals surface area contributed by atoms with Crippen molar-refractivity contribution in [2.75, 3.05) is 5.32 Å². The van der Waals surface area contributed by atoms with Gasteiger partial charge < -0.3 is 10.3 Å². The Hall–Kier alpha value is -2.19. The summed E-state index contributed by atoms with van der Waals surface area (Å²) < 4.78 is 0.583. The first-order valence-corrected chi connectivity index (χ1v) is 6.69. The lowest BCUT2D eigenvalue weighted by Crippen LogP contribution is -2.19. The molecule has 21 heavy (non-hydrogen) atoms. The molecule has 2 rings (SSSR count). The van der Waals surface area contributed by atoms with Crippen LogP contribution in [0.4, 0.5) is 11.4 Å². The molecule has 0 aliphatic rings. The number of carbonyl (C=O) groups excluding carboxylic acids is 1. The highest BCUT2D eigenvalue weighted by Gasteiger charge is 2.16. The number of benzene rings is 1. The van der Waals surface area contributed by atoms with Crippen molar-refractivity contribution in [3.05, 3.63) is 66.0 Å². The highest BCUT2D eigenvalue weighted by molar-refractivity contribution is 9.10. The van der Waals surface area contributed by atoms with E-state index in [1.165, 1.54) is 24.4 Å². The van der Waals surface area contributed by atoms with Crippen molar-refractivity contribution in [2.45, 2.75) is 0 Å². The fraction of sp³-hybridized carbons (Fsp3) is 0. The zero-order valence-electron chi connectivity index (χ0n) is 10.2. The van der Waals surface area contributed by atoms with Crippen LogP contribution in [-0.2, 0) is 0 Å². The topological polar surface area (TPSA) is 105 Å². The Morgan fingerprint density at radius 2 is 2.10 bits per heavy atom. The number of aromatic nitrogens is 1. The summed E-state index contributed by atoms with van der Waals surface area (Å²) in [5.41, 5.74) is -0.623. The van der Waals surface area contributed by atoms with E-state index in [1.54, 1.807) is 0 Å². The number of nitrogens with zero attached hydrogens (tertiary/aromatic N) is 1. The Bertz CT molecular complexity index is 790. The van der Waals surface area contributed by atoms with Crippen molar-refractivity contribution in [1.82, 2.24) is 4.98 Å². The Morgan fingerprint density at radius 1 is 1.38 bits per heavy atom. The lowest BCUT2D eigenvalue weighted by Gasteiger charge is -2.05. The molecule has 0 spiro atoms. The van der Waals surface area contributed by atoms with Crippen LogP contribution in [0, 0.1) is 10.1 Å². The minimum atomic E-state index is -0.650. The molecule has 108 valence electrons. The van der Waals surface area contributed by atoms with Crippen LogP contribution in [-0.4, -0.2) is 15.8 Å². The summed E-state index contributed by atoms with van der Waals surface area (Å²) in [6.07, 6.45) is 1.43. The van der Waals surface area contributed by atoms with Gasteiger partial charge in [-0.15, -0.1) is 0 Å². The molecule has 0 radical (unpaired) electrons. The molecular weight excluding hydrogens is 366 g/mol. The number of pyridine rings is 1. The van der Waals surface area contributed by atoms with E-state index < -0.39 is 16.4 Å². The normalized spacial score (nSPS) is 10.2. The summed E-state index contributed by atoms with van der Waals surface area (Å²) >= 11 is 8.89. The number of aromatic amines is 1. The van der Waals surface area contributed by atoms with Gasteiger partial charge in [0, 0.05) is 22.3 Å². The van der Waals surface area contributed by atoms with Crippen LogP contribution in [0.5, 0.6) is 0 Å². The number of H-pyrrole nitrogens is 1. The number of nitro groups is 1. The maximum absolute atomic E-state index is 12.0. The Morgan fingerprint density at radius 3 is 2.71 bits per heavy atom. The molecule has 2 aromatic rings. The van der Waals surface area contributed by atoms with Crippen molar-refractivity contribution in [3.8, 4) is 0 Å². The smallest absolute Gasteiger partial charge is 0.287 e. The molecule has 0 aliphatic carbocycles. The van der Waals surface area contributed by atoms with E-state index in [1.807, 2.05) is 0 Å². The molecule has 9 heteroatoms. The standard InChI is InChI=1S/C12H7BrClN3O4/c13-7-4-9(12(19)15-5-7)16-11(18)6-1-2-10(17(20)21)8(14)3-6/h1-5H,(H,15,19)(H,16,18). The molecular formula is C12H7BrClN3O4. The lowest BCUT2D eigenvalue weighted by atomic mass is 10.2. The van der Waals surface area contributed by atoms with Crippen LogP contribution in [0.2, 0.25) is 5.02 Å². The molecule has 0 aliphatic heterocycles. The predicted octanol–water partition coefficient (Wildman–Crippen LogP) is 2.95. The first-order chi connectivity index (χ1) is 9.88. The van der Waals surface area contributed by atoms with E-state index in [0.29, 0.717) is 4.47 Å². The van der Waals surface area contributed by atoms with E-state index in [4.69, 9.17) is 11.6 Å². The van der Waals surface area contributed by atoms with Crippen molar-refractivity contribution >= 4 is 44.8 Å². The highest BCUT2D eigenvalue weighted by atomic mass is 79.9. The van der Waals surface area contributed by atoms with Crippen molar-refractivity contribution in [1.29, 1.82) is 0 Å². The minimum absolute atomic E-state index is 0.0452. The maximum atomic E-state index is 12.0. The SMILES string of the molecule is O=C(Nc1cc(Br)c[nH]c1=O)c1ccc([N+](=O)[O-])c(Cl)c1. The molecule has 0 fully saturated rings. The van der Waals surface area contributed by atoms with Gasteiger partial charge in [0.25, 0.3) is 17.2 Å². The van der Waals surface area contributed by atoms with Gasteiger partial charge >= 0.3 is 0 Å². The average molecular weight is 373 g/mol. The number of hydrogen-bond donors (Lipinski definition) is 2. The summed E-state index contributed by atoms with van der Waals surface area (Å²) in [7, 11) is 0. The molecule has 0 saturated heterocycles. The van der Waals surface area contributed by atoms with E-state index >= 15 is 0 Å². The van der Waals surface area contributed by atoms with Gasteiger partial charge in [0.2, 0.25) is 0 Å². The molecule has 0 unspecified atom stereocenters. The fourth-order valence-corrected chi connectivity index (χ4v) is 2.13. The van der Waals surface area contributed by atoms with Crippen molar-refractivity contribution in [3.63, 3.8) is 0 Å². The van der Waals surface area contributed by atoms with Crippen molar-refractivity contribution < 1.29 is 9.72 Å². The molecule has 7 nitrogen and oxygen atoms in total. The van der Waals surface area contributed by atoms with Gasteiger partial charge in [-0.25, -0.2) is 0 Å². The average Bonchev–Trinajstić information content (AvgIpc) is 2.42. The number of anilines is 1. The zero-order chi connectivity index (χ0) is 15.6. The van der Waals surface area contributed by atoms with Crippen LogP contribution >= 0.6 is 27.5 Å². The van der Waals surface area contributed by atoms with Gasteiger partial charge in [-0.05, 0) is 34.1 Å². The first-order valence-electron chi connectivity index (χ1n) is 5.52. The van der Waals surface area contributed by atoms with Crippen molar-refractivity contribution in [2.24, 2.45) is 0 Å². The fourth-order valence-electron chi connectivity index (χ4n) is 1.54. The van der Waals surface area contributed by atoms with Crippen LogP contribution in [0.3, 0.4) is 0 Å². The second-order valence-corrected chi connectivity index (χ2v) is 5.26. The van der Waals surface area contributed by atoms with Gasteiger partial charge in [-0.2, -0.15) is 0 Å². The molecule has 0 atom stereocenters. The molecule has 0 bridgehead atoms. The van der Waals surface area contributed by atoms with E-state index in [9.17, 15) is 19.7 Å². The van der Waals surface area contributed by atoms with Crippen LogP contribution in [0.15, 0.2) is 39.7 Å². The third-order valence-corrected chi connectivity index (χ3v) is 3.28. The molecule has 1 amide bonds. The summed E-state index contributed by atoms with van der Waals surface area (Å²) in [5, 5.41) is 12.9. The van der Waals surface area contributed by atoms with E-state index in [2.05, 4.69) is 26.2 Å². The number of carbonyl (C=O) groups is 1. The van der Waals surface area contributed by atoms with E-state index in [-0.39, 0.29) is 22.0 Å². The number of nitro benzene ring substituents is 1. The second kappa shape index (κ2) is 6.06. The predicted molar refractivity (Wildman–Crippen MR) is 80.8 cm³/mol. The number of rotatable bonds is 3. The lowest BCUT2D eigenvalue weighted by molar-refractivity contribution is -0.384. The quantitative estimate of drug-likeness (QED) is 0.638. The number of hydrogen-bond acceptors (Lipinski definition) is 4. The third kappa shape index (κ3) is 3.47.